The van der Waals surface area contributed by atoms with E-state index in [1.807, 2.05) is 6.07 Å². The lowest BCUT2D eigenvalue weighted by Gasteiger charge is -2.30. The summed E-state index contributed by atoms with van der Waals surface area (Å²) in [6.45, 7) is 2.03. The van der Waals surface area contributed by atoms with Gasteiger partial charge in [0.2, 0.25) is 0 Å². The number of para-hydroxylation sites is 1. The molecule has 0 N–H and O–H groups in total. The molecule has 0 aromatic heterocycles. The van der Waals surface area contributed by atoms with E-state index < -0.39 is 0 Å². The van der Waals surface area contributed by atoms with Gasteiger partial charge in [0.25, 0.3) is 0 Å². The highest BCUT2D eigenvalue weighted by molar-refractivity contribution is 5.46. The van der Waals surface area contributed by atoms with Gasteiger partial charge in [-0.15, -0.1) is 0 Å². The molecule has 0 saturated carbocycles. The average Bonchev–Trinajstić information content (AvgIpc) is 2.30. The molecule has 0 amide bonds. The normalized spacial score (nSPS) is 17.8. The fourth-order valence-electron chi connectivity index (χ4n) is 1.91. The van der Waals surface area contributed by atoms with Crippen LogP contribution in [0.1, 0.15) is 12.8 Å². The summed E-state index contributed by atoms with van der Waals surface area (Å²) in [5.74, 6) is 0.273. The molecule has 2 rings (SSSR count). The predicted molar refractivity (Wildman–Crippen MR) is 57.0 cm³/mol. The van der Waals surface area contributed by atoms with Crippen LogP contribution in [0, 0.1) is 17.2 Å². The first-order valence-electron chi connectivity index (χ1n) is 5.10. The molecule has 2 nitrogen and oxygen atoms in total. The first-order valence-corrected chi connectivity index (χ1v) is 5.10. The maximum Gasteiger partial charge on any atom is 0.0657 e. The number of nitrogens with zero attached hydrogens (tertiary/aromatic N) is 2. The van der Waals surface area contributed by atoms with Crippen molar-refractivity contribution in [3.05, 3.63) is 30.3 Å². The summed E-state index contributed by atoms with van der Waals surface area (Å²) in [4.78, 5) is 2.36. The lowest BCUT2D eigenvalue weighted by atomic mass is 9.98. The van der Waals surface area contributed by atoms with Gasteiger partial charge in [0.1, 0.15) is 0 Å². The molecule has 1 aliphatic rings. The van der Waals surface area contributed by atoms with Crippen molar-refractivity contribution in [2.75, 3.05) is 18.0 Å². The number of anilines is 1. The van der Waals surface area contributed by atoms with Crippen molar-refractivity contribution in [1.82, 2.24) is 0 Å². The van der Waals surface area contributed by atoms with Gasteiger partial charge in [0.15, 0.2) is 0 Å². The standard InChI is InChI=1S/C12H14N2/c13-10-11-6-8-14(9-7-11)12-4-2-1-3-5-12/h1-5,11H,6-9H2. The lowest BCUT2D eigenvalue weighted by Crippen LogP contribution is -2.33. The third kappa shape index (κ3) is 1.88. The fraction of sp³-hybridized carbons (Fsp3) is 0.417. The highest BCUT2D eigenvalue weighted by Gasteiger charge is 2.18. The maximum absolute atomic E-state index is 8.78. The van der Waals surface area contributed by atoms with Gasteiger partial charge >= 0.3 is 0 Å². The molecule has 1 fully saturated rings. The van der Waals surface area contributed by atoms with Crippen LogP contribution in [0.25, 0.3) is 0 Å². The van der Waals surface area contributed by atoms with E-state index in [1.165, 1.54) is 5.69 Å². The Morgan fingerprint density at radius 1 is 1.14 bits per heavy atom. The number of rotatable bonds is 1. The summed E-state index contributed by atoms with van der Waals surface area (Å²) in [6, 6.07) is 12.8. The van der Waals surface area contributed by atoms with Gasteiger partial charge in [-0.05, 0) is 25.0 Å². The summed E-state index contributed by atoms with van der Waals surface area (Å²) < 4.78 is 0. The second kappa shape index (κ2) is 4.15. The third-order valence-electron chi connectivity index (χ3n) is 2.80. The molecule has 0 aliphatic carbocycles. The minimum Gasteiger partial charge on any atom is -0.371 e. The Morgan fingerprint density at radius 3 is 2.36 bits per heavy atom. The van der Waals surface area contributed by atoms with Crippen LogP contribution in [0.4, 0.5) is 5.69 Å². The molecule has 14 heavy (non-hydrogen) atoms. The highest BCUT2D eigenvalue weighted by Crippen LogP contribution is 2.22. The van der Waals surface area contributed by atoms with E-state index in [-0.39, 0.29) is 5.92 Å². The summed E-state index contributed by atoms with van der Waals surface area (Å²) in [6.07, 6.45) is 2.01. The van der Waals surface area contributed by atoms with Crippen LogP contribution in [0.5, 0.6) is 0 Å². The Labute approximate surface area is 84.8 Å². The Hall–Kier alpha value is -1.49. The van der Waals surface area contributed by atoms with E-state index >= 15 is 0 Å². The molecule has 0 unspecified atom stereocenters. The predicted octanol–water partition coefficient (Wildman–Crippen LogP) is 2.43. The highest BCUT2D eigenvalue weighted by atomic mass is 15.1. The van der Waals surface area contributed by atoms with Gasteiger partial charge < -0.3 is 4.90 Å². The Kier molecular flexibility index (Phi) is 2.69. The van der Waals surface area contributed by atoms with Gasteiger partial charge in [0, 0.05) is 24.7 Å². The number of hydrogen-bond donors (Lipinski definition) is 0. The zero-order chi connectivity index (χ0) is 9.80. The zero-order valence-corrected chi connectivity index (χ0v) is 8.19. The van der Waals surface area contributed by atoms with Crippen LogP contribution < -0.4 is 4.90 Å². The second-order valence-electron chi connectivity index (χ2n) is 3.73. The first kappa shape index (κ1) is 9.08. The van der Waals surface area contributed by atoms with E-state index in [0.717, 1.165) is 25.9 Å². The van der Waals surface area contributed by atoms with Gasteiger partial charge in [-0.3, -0.25) is 0 Å². The number of piperidine rings is 1. The summed E-state index contributed by atoms with van der Waals surface area (Å²) in [5, 5.41) is 8.78. The molecule has 1 aromatic carbocycles. The second-order valence-corrected chi connectivity index (χ2v) is 3.73. The monoisotopic (exact) mass is 186 g/mol. The summed E-state index contributed by atoms with van der Waals surface area (Å²) in [7, 11) is 0. The number of nitriles is 1. The van der Waals surface area contributed by atoms with Gasteiger partial charge in [-0.25, -0.2) is 0 Å². The quantitative estimate of drug-likeness (QED) is 0.673. The van der Waals surface area contributed by atoms with Crippen LogP contribution in [0.15, 0.2) is 30.3 Å². The molecule has 2 heteroatoms. The molecule has 1 aromatic rings. The van der Waals surface area contributed by atoms with Crippen LogP contribution >= 0.6 is 0 Å². The van der Waals surface area contributed by atoms with Gasteiger partial charge in [-0.1, -0.05) is 18.2 Å². The van der Waals surface area contributed by atoms with E-state index in [1.54, 1.807) is 0 Å². The molecule has 0 bridgehead atoms. The number of hydrogen-bond acceptors (Lipinski definition) is 2. The topological polar surface area (TPSA) is 27.0 Å². The van der Waals surface area contributed by atoms with Crippen molar-refractivity contribution in [1.29, 1.82) is 5.26 Å². The molecule has 0 spiro atoms. The number of benzene rings is 1. The molecular weight excluding hydrogens is 172 g/mol. The van der Waals surface area contributed by atoms with Crippen molar-refractivity contribution in [3.8, 4) is 6.07 Å². The Morgan fingerprint density at radius 2 is 1.79 bits per heavy atom. The van der Waals surface area contributed by atoms with E-state index in [4.69, 9.17) is 5.26 Å². The fourth-order valence-corrected chi connectivity index (χ4v) is 1.91. The molecule has 72 valence electrons. The van der Waals surface area contributed by atoms with E-state index in [9.17, 15) is 0 Å². The Bertz CT molecular complexity index is 318. The van der Waals surface area contributed by atoms with Gasteiger partial charge in [0.05, 0.1) is 6.07 Å². The maximum atomic E-state index is 8.78. The van der Waals surface area contributed by atoms with Crippen molar-refractivity contribution in [2.24, 2.45) is 5.92 Å². The average molecular weight is 186 g/mol. The zero-order valence-electron chi connectivity index (χ0n) is 8.19. The summed E-state index contributed by atoms with van der Waals surface area (Å²) in [5.41, 5.74) is 1.28. The van der Waals surface area contributed by atoms with Crippen LogP contribution in [-0.4, -0.2) is 13.1 Å². The minimum atomic E-state index is 0.273. The SMILES string of the molecule is N#CC1CCN(c2ccccc2)CC1. The van der Waals surface area contributed by atoms with Crippen molar-refractivity contribution in [2.45, 2.75) is 12.8 Å². The smallest absolute Gasteiger partial charge is 0.0657 e. The Balaban J connectivity index is 2.00. The molecular formula is C12H14N2. The first-order chi connectivity index (χ1) is 6.90. The third-order valence-corrected chi connectivity index (χ3v) is 2.80. The molecule has 0 atom stereocenters. The lowest BCUT2D eigenvalue weighted by molar-refractivity contribution is 0.488. The van der Waals surface area contributed by atoms with Crippen molar-refractivity contribution >= 4 is 5.69 Å². The van der Waals surface area contributed by atoms with Crippen molar-refractivity contribution < 1.29 is 0 Å². The van der Waals surface area contributed by atoms with Crippen molar-refractivity contribution in [3.63, 3.8) is 0 Å². The summed E-state index contributed by atoms with van der Waals surface area (Å²) >= 11 is 0. The van der Waals surface area contributed by atoms with E-state index in [0.29, 0.717) is 0 Å². The minimum absolute atomic E-state index is 0.273. The van der Waals surface area contributed by atoms with Crippen LogP contribution in [-0.2, 0) is 0 Å². The van der Waals surface area contributed by atoms with Crippen LogP contribution in [0.2, 0.25) is 0 Å². The molecule has 1 aliphatic heterocycles. The molecule has 1 saturated heterocycles. The van der Waals surface area contributed by atoms with E-state index in [2.05, 4.69) is 35.2 Å². The molecule has 0 radical (unpaired) electrons. The largest absolute Gasteiger partial charge is 0.371 e. The molecule has 1 heterocycles. The van der Waals surface area contributed by atoms with Crippen LogP contribution in [0.3, 0.4) is 0 Å². The van der Waals surface area contributed by atoms with Gasteiger partial charge in [-0.2, -0.15) is 5.26 Å².